The second-order valence-electron chi connectivity index (χ2n) is 8.87. The fraction of sp³-hybridized carbons (Fsp3) is 0.250. The van der Waals surface area contributed by atoms with Crippen molar-refractivity contribution in [3.05, 3.63) is 100 Å². The molecule has 1 N–H and O–H groups in total. The zero-order valence-corrected chi connectivity index (χ0v) is 19.3. The van der Waals surface area contributed by atoms with Crippen LogP contribution >= 0.6 is 0 Å². The van der Waals surface area contributed by atoms with Crippen LogP contribution in [-0.2, 0) is 30.5 Å². The molecule has 3 aromatic carbocycles. The molecule has 1 atom stereocenters. The first-order chi connectivity index (χ1) is 17.3. The Kier molecular flexibility index (Phi) is 6.45. The summed E-state index contributed by atoms with van der Waals surface area (Å²) < 4.78 is 53.1. The van der Waals surface area contributed by atoms with Crippen LogP contribution in [0.2, 0.25) is 0 Å². The SMILES string of the molecule is O=C(O)COc1ccc(O[C@@H]2C=Cc3c2ccc(C(F)(F)F)c3CN2CCc3ccccc3C2)cc1. The Morgan fingerprint density at radius 2 is 1.72 bits per heavy atom. The molecule has 0 unspecified atom stereocenters. The molecule has 0 saturated heterocycles. The van der Waals surface area contributed by atoms with Gasteiger partial charge >= 0.3 is 12.1 Å². The van der Waals surface area contributed by atoms with Crippen LogP contribution in [0.15, 0.2) is 66.7 Å². The van der Waals surface area contributed by atoms with Crippen molar-refractivity contribution in [2.45, 2.75) is 31.8 Å². The molecule has 1 aliphatic carbocycles. The van der Waals surface area contributed by atoms with Crippen LogP contribution in [-0.4, -0.2) is 29.1 Å². The van der Waals surface area contributed by atoms with E-state index in [4.69, 9.17) is 14.6 Å². The van der Waals surface area contributed by atoms with Crippen LogP contribution in [0.5, 0.6) is 11.5 Å². The number of carbonyl (C=O) groups is 1. The molecule has 8 heteroatoms. The lowest BCUT2D eigenvalue weighted by atomic mass is 9.94. The predicted octanol–water partition coefficient (Wildman–Crippen LogP) is 5.87. The molecule has 0 radical (unpaired) electrons. The number of aliphatic carboxylic acids is 1. The van der Waals surface area contributed by atoms with E-state index in [2.05, 4.69) is 11.0 Å². The lowest BCUT2D eigenvalue weighted by Gasteiger charge is -2.30. The number of nitrogens with zero attached hydrogens (tertiary/aromatic N) is 1. The summed E-state index contributed by atoms with van der Waals surface area (Å²) in [6, 6.07) is 17.1. The topological polar surface area (TPSA) is 59.0 Å². The molecule has 0 bridgehead atoms. The zero-order chi connectivity index (χ0) is 25.3. The Morgan fingerprint density at radius 1 is 1.00 bits per heavy atom. The van der Waals surface area contributed by atoms with Crippen molar-refractivity contribution in [1.29, 1.82) is 0 Å². The second-order valence-corrected chi connectivity index (χ2v) is 8.87. The summed E-state index contributed by atoms with van der Waals surface area (Å²) in [6.45, 7) is 1.04. The molecular formula is C28H24F3NO4. The summed E-state index contributed by atoms with van der Waals surface area (Å²) in [5.74, 6) is -0.201. The van der Waals surface area contributed by atoms with Gasteiger partial charge in [-0.25, -0.2) is 4.79 Å². The molecule has 3 aromatic rings. The van der Waals surface area contributed by atoms with E-state index in [0.717, 1.165) is 18.1 Å². The van der Waals surface area contributed by atoms with Crippen molar-refractivity contribution >= 4 is 12.0 Å². The molecule has 0 saturated carbocycles. The number of carboxylic acid groups (broad SMARTS) is 1. The molecular weight excluding hydrogens is 471 g/mol. The average molecular weight is 495 g/mol. The van der Waals surface area contributed by atoms with E-state index in [-0.39, 0.29) is 12.1 Å². The van der Waals surface area contributed by atoms with Crippen molar-refractivity contribution in [2.24, 2.45) is 0 Å². The lowest BCUT2D eigenvalue weighted by Crippen LogP contribution is -2.31. The number of halogens is 3. The Morgan fingerprint density at radius 3 is 2.44 bits per heavy atom. The Balaban J connectivity index is 1.38. The highest BCUT2D eigenvalue weighted by Gasteiger charge is 2.37. The lowest BCUT2D eigenvalue weighted by molar-refractivity contribution is -0.139. The third-order valence-electron chi connectivity index (χ3n) is 6.48. The molecule has 5 nitrogen and oxygen atoms in total. The van der Waals surface area contributed by atoms with Crippen molar-refractivity contribution < 1.29 is 32.5 Å². The maximum atomic E-state index is 14.0. The minimum atomic E-state index is -4.46. The van der Waals surface area contributed by atoms with Crippen LogP contribution in [0.25, 0.3) is 6.08 Å². The van der Waals surface area contributed by atoms with Gasteiger partial charge in [-0.1, -0.05) is 36.4 Å². The first-order valence-electron chi connectivity index (χ1n) is 11.6. The summed E-state index contributed by atoms with van der Waals surface area (Å²) >= 11 is 0. The molecule has 1 heterocycles. The fourth-order valence-corrected chi connectivity index (χ4v) is 4.77. The number of rotatable bonds is 7. The van der Waals surface area contributed by atoms with Crippen LogP contribution in [0.1, 0.15) is 39.5 Å². The minimum Gasteiger partial charge on any atom is -0.482 e. The van der Waals surface area contributed by atoms with E-state index in [1.807, 2.05) is 18.2 Å². The first kappa shape index (κ1) is 23.9. The molecule has 186 valence electrons. The largest absolute Gasteiger partial charge is 0.482 e. The molecule has 36 heavy (non-hydrogen) atoms. The van der Waals surface area contributed by atoms with Gasteiger partial charge in [-0.3, -0.25) is 4.90 Å². The van der Waals surface area contributed by atoms with Crippen LogP contribution in [0.4, 0.5) is 13.2 Å². The van der Waals surface area contributed by atoms with Gasteiger partial charge in [-0.05, 0) is 65.1 Å². The standard InChI is InChI=1S/C28H24F3NO4/c29-28(30,31)25-11-9-23-22(24(25)16-32-14-13-18-3-1-2-4-19(18)15-32)10-12-26(23)36-21-7-5-20(6-8-21)35-17-27(33)34/h1-12,26H,13-17H2,(H,33,34)/t26-/m1/s1. The van der Waals surface area contributed by atoms with Gasteiger partial charge in [0.2, 0.25) is 0 Å². The third-order valence-corrected chi connectivity index (χ3v) is 6.48. The van der Waals surface area contributed by atoms with Crippen LogP contribution < -0.4 is 9.47 Å². The number of hydrogen-bond donors (Lipinski definition) is 1. The van der Waals surface area contributed by atoms with Crippen LogP contribution in [0.3, 0.4) is 0 Å². The molecule has 5 rings (SSSR count). The fourth-order valence-electron chi connectivity index (χ4n) is 4.77. The minimum absolute atomic E-state index is 0.193. The number of fused-ring (bicyclic) bond motifs is 2. The zero-order valence-electron chi connectivity index (χ0n) is 19.3. The maximum Gasteiger partial charge on any atom is 0.416 e. The summed E-state index contributed by atoms with van der Waals surface area (Å²) in [4.78, 5) is 12.7. The number of ether oxygens (including phenoxy) is 2. The highest BCUT2D eigenvalue weighted by Crippen LogP contribution is 2.41. The summed E-state index contributed by atoms with van der Waals surface area (Å²) in [6.07, 6.45) is -0.716. The number of carboxylic acids is 1. The highest BCUT2D eigenvalue weighted by molar-refractivity contribution is 5.68. The molecule has 1 aliphatic heterocycles. The van der Waals surface area contributed by atoms with Gasteiger partial charge in [0.1, 0.15) is 17.6 Å². The van der Waals surface area contributed by atoms with Crippen molar-refractivity contribution in [3.8, 4) is 11.5 Å². The van der Waals surface area contributed by atoms with Gasteiger partial charge in [0.15, 0.2) is 6.61 Å². The van der Waals surface area contributed by atoms with Gasteiger partial charge in [-0.15, -0.1) is 0 Å². The first-order valence-corrected chi connectivity index (χ1v) is 11.6. The Hall–Kier alpha value is -3.78. The van der Waals surface area contributed by atoms with Gasteiger partial charge < -0.3 is 14.6 Å². The average Bonchev–Trinajstić information content (AvgIpc) is 3.26. The van der Waals surface area contributed by atoms with Gasteiger partial charge in [0.05, 0.1) is 5.56 Å². The number of hydrogen-bond acceptors (Lipinski definition) is 4. The Labute approximate surface area is 206 Å². The quantitative estimate of drug-likeness (QED) is 0.444. The van der Waals surface area contributed by atoms with Crippen molar-refractivity contribution in [2.75, 3.05) is 13.2 Å². The number of alkyl halides is 3. The summed E-state index contributed by atoms with van der Waals surface area (Å²) in [5, 5.41) is 8.72. The maximum absolute atomic E-state index is 14.0. The van der Waals surface area contributed by atoms with E-state index in [1.165, 1.54) is 11.6 Å². The normalized spacial score (nSPS) is 16.9. The molecule has 0 amide bonds. The van der Waals surface area contributed by atoms with Gasteiger partial charge in [-0.2, -0.15) is 13.2 Å². The van der Waals surface area contributed by atoms with E-state index >= 15 is 0 Å². The Bertz CT molecular complexity index is 1300. The molecule has 2 aliphatic rings. The van der Waals surface area contributed by atoms with Gasteiger partial charge in [0.25, 0.3) is 0 Å². The van der Waals surface area contributed by atoms with Crippen molar-refractivity contribution in [3.63, 3.8) is 0 Å². The second kappa shape index (κ2) is 9.70. The number of benzene rings is 3. The van der Waals surface area contributed by atoms with Crippen LogP contribution in [0, 0.1) is 0 Å². The monoisotopic (exact) mass is 495 g/mol. The smallest absolute Gasteiger partial charge is 0.416 e. The molecule has 0 aromatic heterocycles. The summed E-state index contributed by atoms with van der Waals surface area (Å²) in [5.41, 5.74) is 3.27. The predicted molar refractivity (Wildman–Crippen MR) is 128 cm³/mol. The third kappa shape index (κ3) is 5.09. The molecule has 0 spiro atoms. The van der Waals surface area contributed by atoms with Crippen molar-refractivity contribution in [1.82, 2.24) is 4.90 Å². The van der Waals surface area contributed by atoms with Gasteiger partial charge in [0, 0.05) is 25.2 Å². The summed E-state index contributed by atoms with van der Waals surface area (Å²) in [7, 11) is 0. The van der Waals surface area contributed by atoms with E-state index < -0.39 is 30.4 Å². The van der Waals surface area contributed by atoms with E-state index in [1.54, 1.807) is 36.4 Å². The molecule has 0 fully saturated rings. The van der Waals surface area contributed by atoms with E-state index in [0.29, 0.717) is 35.7 Å². The van der Waals surface area contributed by atoms with E-state index in [9.17, 15) is 18.0 Å². The highest BCUT2D eigenvalue weighted by atomic mass is 19.4.